The number of aromatic carboxylic acids is 1. The molecule has 2 rings (SSSR count). The Bertz CT molecular complexity index is 455. The van der Waals surface area contributed by atoms with E-state index in [1.165, 1.54) is 31.7 Å². The summed E-state index contributed by atoms with van der Waals surface area (Å²) in [5, 5.41) is 8.96. The Morgan fingerprint density at radius 3 is 2.63 bits per heavy atom. The minimum Gasteiger partial charge on any atom is -0.478 e. The zero-order valence-corrected chi connectivity index (χ0v) is 11.2. The summed E-state index contributed by atoms with van der Waals surface area (Å²) in [4.78, 5) is 13.2. The zero-order valence-electron chi connectivity index (χ0n) is 11.2. The van der Waals surface area contributed by atoms with E-state index in [0.29, 0.717) is 12.6 Å². The van der Waals surface area contributed by atoms with Gasteiger partial charge in [-0.15, -0.1) is 0 Å². The number of rotatable bonds is 5. The Labute approximate surface area is 113 Å². The molecule has 0 radical (unpaired) electrons. The smallest absolute Gasteiger partial charge is 0.335 e. The van der Waals surface area contributed by atoms with Gasteiger partial charge in [0.25, 0.3) is 0 Å². The van der Waals surface area contributed by atoms with Crippen LogP contribution in [0.2, 0.25) is 0 Å². The van der Waals surface area contributed by atoms with Gasteiger partial charge in [-0.25, -0.2) is 9.18 Å². The predicted octanol–water partition coefficient (Wildman–Crippen LogP) is 3.29. The average molecular weight is 265 g/mol. The first-order valence-corrected chi connectivity index (χ1v) is 6.87. The summed E-state index contributed by atoms with van der Waals surface area (Å²) in [6, 6.07) is 4.63. The summed E-state index contributed by atoms with van der Waals surface area (Å²) in [6.45, 7) is 3.62. The molecule has 3 nitrogen and oxygen atoms in total. The Kier molecular flexibility index (Phi) is 4.53. The molecule has 0 spiro atoms. The molecular formula is C15H20FNO2. The molecule has 0 saturated heterocycles. The van der Waals surface area contributed by atoms with Crippen molar-refractivity contribution in [2.45, 2.75) is 45.2 Å². The van der Waals surface area contributed by atoms with Crippen molar-refractivity contribution in [3.63, 3.8) is 0 Å². The lowest BCUT2D eigenvalue weighted by Crippen LogP contribution is -2.32. The lowest BCUT2D eigenvalue weighted by atomic mass is 10.1. The van der Waals surface area contributed by atoms with Crippen LogP contribution in [0.25, 0.3) is 0 Å². The number of nitrogens with zero attached hydrogens (tertiary/aromatic N) is 1. The molecule has 1 aliphatic rings. The SMILES string of the molecule is CCN(Cc1cc(F)cc(C(=O)O)c1)C1CCCC1. The molecule has 0 aliphatic heterocycles. The van der Waals surface area contributed by atoms with Crippen LogP contribution in [0.15, 0.2) is 18.2 Å². The molecule has 4 heteroatoms. The molecule has 1 aliphatic carbocycles. The quantitative estimate of drug-likeness (QED) is 0.888. The molecule has 1 aromatic rings. The van der Waals surface area contributed by atoms with Crippen molar-refractivity contribution in [2.75, 3.05) is 6.54 Å². The van der Waals surface area contributed by atoms with E-state index in [2.05, 4.69) is 11.8 Å². The van der Waals surface area contributed by atoms with Gasteiger partial charge in [0.15, 0.2) is 0 Å². The molecular weight excluding hydrogens is 245 g/mol. The van der Waals surface area contributed by atoms with Crippen LogP contribution in [-0.4, -0.2) is 28.6 Å². The lowest BCUT2D eigenvalue weighted by Gasteiger charge is -2.27. The number of carbonyl (C=O) groups is 1. The summed E-state index contributed by atoms with van der Waals surface area (Å²) >= 11 is 0. The van der Waals surface area contributed by atoms with E-state index in [0.717, 1.165) is 18.2 Å². The van der Waals surface area contributed by atoms with Crippen LogP contribution >= 0.6 is 0 Å². The van der Waals surface area contributed by atoms with E-state index < -0.39 is 11.8 Å². The van der Waals surface area contributed by atoms with Crippen LogP contribution in [0.4, 0.5) is 4.39 Å². The van der Waals surface area contributed by atoms with Crippen LogP contribution in [0.5, 0.6) is 0 Å². The minimum atomic E-state index is -1.08. The maximum atomic E-state index is 13.4. The van der Waals surface area contributed by atoms with E-state index in [9.17, 15) is 9.18 Å². The number of halogens is 1. The number of carboxylic acids is 1. The minimum absolute atomic E-state index is 0.0254. The van der Waals surface area contributed by atoms with Gasteiger partial charge >= 0.3 is 5.97 Å². The Hall–Kier alpha value is -1.42. The van der Waals surface area contributed by atoms with Crippen molar-refractivity contribution in [1.82, 2.24) is 4.90 Å². The Morgan fingerprint density at radius 1 is 1.37 bits per heavy atom. The summed E-state index contributed by atoms with van der Waals surface area (Å²) in [6.07, 6.45) is 4.89. The average Bonchev–Trinajstić information content (AvgIpc) is 2.89. The van der Waals surface area contributed by atoms with Crippen molar-refractivity contribution in [3.8, 4) is 0 Å². The number of hydrogen-bond donors (Lipinski definition) is 1. The van der Waals surface area contributed by atoms with Crippen LogP contribution in [0, 0.1) is 5.82 Å². The van der Waals surface area contributed by atoms with Crippen LogP contribution in [0.1, 0.15) is 48.5 Å². The van der Waals surface area contributed by atoms with Gasteiger partial charge in [-0.05, 0) is 43.1 Å². The van der Waals surface area contributed by atoms with E-state index in [1.54, 1.807) is 6.07 Å². The number of hydrogen-bond acceptors (Lipinski definition) is 2. The summed E-state index contributed by atoms with van der Waals surface area (Å²) in [5.41, 5.74) is 0.767. The fourth-order valence-corrected chi connectivity index (χ4v) is 2.87. The van der Waals surface area contributed by atoms with E-state index in [-0.39, 0.29) is 5.56 Å². The van der Waals surface area contributed by atoms with Crippen molar-refractivity contribution in [2.24, 2.45) is 0 Å². The highest BCUT2D eigenvalue weighted by atomic mass is 19.1. The van der Waals surface area contributed by atoms with Crippen LogP contribution in [0.3, 0.4) is 0 Å². The molecule has 0 unspecified atom stereocenters. The monoisotopic (exact) mass is 265 g/mol. The fraction of sp³-hybridized carbons (Fsp3) is 0.533. The van der Waals surface area contributed by atoms with Gasteiger partial charge in [-0.3, -0.25) is 4.90 Å². The van der Waals surface area contributed by atoms with Crippen molar-refractivity contribution < 1.29 is 14.3 Å². The molecule has 19 heavy (non-hydrogen) atoms. The highest BCUT2D eigenvalue weighted by Gasteiger charge is 2.21. The van der Waals surface area contributed by atoms with Gasteiger partial charge < -0.3 is 5.11 Å². The highest BCUT2D eigenvalue weighted by molar-refractivity contribution is 5.87. The van der Waals surface area contributed by atoms with Crippen molar-refractivity contribution in [3.05, 3.63) is 35.1 Å². The summed E-state index contributed by atoms with van der Waals surface area (Å²) in [7, 11) is 0. The second kappa shape index (κ2) is 6.15. The number of carboxylic acid groups (broad SMARTS) is 1. The topological polar surface area (TPSA) is 40.5 Å². The van der Waals surface area contributed by atoms with Gasteiger partial charge in [0.1, 0.15) is 5.82 Å². The third kappa shape index (κ3) is 3.53. The van der Waals surface area contributed by atoms with E-state index >= 15 is 0 Å². The second-order valence-electron chi connectivity index (χ2n) is 5.15. The molecule has 1 aromatic carbocycles. The van der Waals surface area contributed by atoms with Gasteiger partial charge in [0.05, 0.1) is 5.56 Å². The van der Waals surface area contributed by atoms with Gasteiger partial charge in [-0.1, -0.05) is 19.8 Å². The first-order chi connectivity index (χ1) is 9.10. The molecule has 0 heterocycles. The van der Waals surface area contributed by atoms with Crippen molar-refractivity contribution >= 4 is 5.97 Å². The van der Waals surface area contributed by atoms with Gasteiger partial charge in [-0.2, -0.15) is 0 Å². The Morgan fingerprint density at radius 2 is 2.05 bits per heavy atom. The first kappa shape index (κ1) is 14.0. The van der Waals surface area contributed by atoms with Crippen molar-refractivity contribution in [1.29, 1.82) is 0 Å². The van der Waals surface area contributed by atoms with Crippen LogP contribution < -0.4 is 0 Å². The largest absolute Gasteiger partial charge is 0.478 e. The predicted molar refractivity (Wildman–Crippen MR) is 71.7 cm³/mol. The molecule has 104 valence electrons. The molecule has 0 aromatic heterocycles. The third-order valence-electron chi connectivity index (χ3n) is 3.84. The second-order valence-corrected chi connectivity index (χ2v) is 5.15. The molecule has 1 N–H and O–H groups in total. The fourth-order valence-electron chi connectivity index (χ4n) is 2.87. The van der Waals surface area contributed by atoms with Crippen LogP contribution in [-0.2, 0) is 6.54 Å². The zero-order chi connectivity index (χ0) is 13.8. The normalized spacial score (nSPS) is 16.2. The highest BCUT2D eigenvalue weighted by Crippen LogP contribution is 2.25. The maximum Gasteiger partial charge on any atom is 0.335 e. The molecule has 0 atom stereocenters. The van der Waals surface area contributed by atoms with E-state index in [4.69, 9.17) is 5.11 Å². The summed E-state index contributed by atoms with van der Waals surface area (Å²) in [5.74, 6) is -1.55. The molecule has 0 amide bonds. The first-order valence-electron chi connectivity index (χ1n) is 6.87. The Balaban J connectivity index is 2.14. The third-order valence-corrected chi connectivity index (χ3v) is 3.84. The summed E-state index contributed by atoms with van der Waals surface area (Å²) < 4.78 is 13.4. The maximum absolute atomic E-state index is 13.4. The van der Waals surface area contributed by atoms with E-state index in [1.807, 2.05) is 0 Å². The van der Waals surface area contributed by atoms with Gasteiger partial charge in [0.2, 0.25) is 0 Å². The molecule has 0 bridgehead atoms. The molecule has 1 saturated carbocycles. The standard InChI is InChI=1S/C15H20FNO2/c1-2-17(14-5-3-4-6-14)10-11-7-12(15(18)19)9-13(16)8-11/h7-9,14H,2-6,10H2,1H3,(H,18,19). The number of benzene rings is 1. The van der Waals surface area contributed by atoms with Gasteiger partial charge in [0, 0.05) is 12.6 Å². The lowest BCUT2D eigenvalue weighted by molar-refractivity contribution is 0.0696. The molecule has 1 fully saturated rings.